The van der Waals surface area contributed by atoms with E-state index >= 15 is 0 Å². The molecule has 0 spiro atoms. The summed E-state index contributed by atoms with van der Waals surface area (Å²) in [6.45, 7) is 3.09. The van der Waals surface area contributed by atoms with Crippen molar-refractivity contribution < 1.29 is 19.4 Å². The summed E-state index contributed by atoms with van der Waals surface area (Å²) in [6, 6.07) is 14.9. The van der Waals surface area contributed by atoms with Crippen LogP contribution in [0.2, 0.25) is 0 Å². The van der Waals surface area contributed by atoms with Gasteiger partial charge in [-0.05, 0) is 31.2 Å². The molecule has 0 unspecified atom stereocenters. The number of rotatable bonds is 5. The van der Waals surface area contributed by atoms with Crippen LogP contribution < -0.4 is 4.74 Å². The van der Waals surface area contributed by atoms with Crippen LogP contribution in [0.1, 0.15) is 11.4 Å². The minimum atomic E-state index is -1.25. The Morgan fingerprint density at radius 2 is 2.08 bits per heavy atom. The Labute approximate surface area is 153 Å². The van der Waals surface area contributed by atoms with Crippen LogP contribution in [0.25, 0.3) is 0 Å². The van der Waals surface area contributed by atoms with Gasteiger partial charge in [-0.1, -0.05) is 24.3 Å². The SMILES string of the molecule is Cc1cccc(CC(=O)N2CCOC[C@](O)(COc3ccccc3)C2)n1. The standard InChI is InChI=1S/C20H24N2O4/c1-16-6-5-7-17(21-16)12-19(23)22-10-11-25-14-20(24,13-22)15-26-18-8-3-2-4-9-18/h2-9,24H,10-15H2,1H3/t20-/m0/s1. The highest BCUT2D eigenvalue weighted by Gasteiger charge is 2.35. The number of ether oxygens (including phenoxy) is 2. The molecule has 1 fully saturated rings. The molecule has 2 heterocycles. The van der Waals surface area contributed by atoms with Gasteiger partial charge in [0.25, 0.3) is 0 Å². The largest absolute Gasteiger partial charge is 0.490 e. The number of amides is 1. The molecular weight excluding hydrogens is 332 g/mol. The van der Waals surface area contributed by atoms with Crippen LogP contribution in [0.4, 0.5) is 0 Å². The first-order valence-electron chi connectivity index (χ1n) is 8.72. The van der Waals surface area contributed by atoms with Crippen molar-refractivity contribution in [1.29, 1.82) is 0 Å². The lowest BCUT2D eigenvalue weighted by Crippen LogP contribution is -2.50. The second-order valence-electron chi connectivity index (χ2n) is 6.64. The Hall–Kier alpha value is -2.44. The number of pyridine rings is 1. The van der Waals surface area contributed by atoms with Gasteiger partial charge < -0.3 is 19.5 Å². The summed E-state index contributed by atoms with van der Waals surface area (Å²) in [5.74, 6) is 0.596. The lowest BCUT2D eigenvalue weighted by molar-refractivity contribution is -0.134. The van der Waals surface area contributed by atoms with Gasteiger partial charge in [0, 0.05) is 17.9 Å². The number of hydrogen-bond donors (Lipinski definition) is 1. The number of carbonyl (C=O) groups is 1. The number of benzene rings is 1. The highest BCUT2D eigenvalue weighted by atomic mass is 16.5. The van der Waals surface area contributed by atoms with Crippen LogP contribution in [0, 0.1) is 6.92 Å². The third kappa shape index (κ3) is 5.03. The van der Waals surface area contributed by atoms with Crippen molar-refractivity contribution in [2.45, 2.75) is 18.9 Å². The number of β-amino-alcohol motifs (C(OH)–C–C–N with tert-alkyl or cyclic N) is 1. The zero-order valence-electron chi connectivity index (χ0n) is 14.9. The number of aryl methyl sites for hydroxylation is 1. The van der Waals surface area contributed by atoms with Crippen LogP contribution in [0.3, 0.4) is 0 Å². The maximum Gasteiger partial charge on any atom is 0.228 e. The molecule has 3 rings (SSSR count). The maximum absolute atomic E-state index is 12.7. The van der Waals surface area contributed by atoms with Crippen LogP contribution in [-0.4, -0.2) is 59.4 Å². The van der Waals surface area contributed by atoms with Gasteiger partial charge in [0.2, 0.25) is 5.91 Å². The number of aliphatic hydroxyl groups is 1. The van der Waals surface area contributed by atoms with Gasteiger partial charge in [-0.15, -0.1) is 0 Å². The molecule has 1 aromatic heterocycles. The van der Waals surface area contributed by atoms with Gasteiger partial charge in [-0.2, -0.15) is 0 Å². The van der Waals surface area contributed by atoms with Crippen LogP contribution in [0.15, 0.2) is 48.5 Å². The van der Waals surface area contributed by atoms with E-state index in [0.29, 0.717) is 18.9 Å². The average Bonchev–Trinajstić information content (AvgIpc) is 2.83. The van der Waals surface area contributed by atoms with Crippen molar-refractivity contribution in [3.63, 3.8) is 0 Å². The van der Waals surface area contributed by atoms with Gasteiger partial charge in [0.1, 0.15) is 18.0 Å². The van der Waals surface area contributed by atoms with E-state index in [1.54, 1.807) is 4.90 Å². The van der Waals surface area contributed by atoms with Gasteiger partial charge in [-0.25, -0.2) is 0 Å². The van der Waals surface area contributed by atoms with Crippen LogP contribution >= 0.6 is 0 Å². The van der Waals surface area contributed by atoms with Crippen molar-refractivity contribution in [1.82, 2.24) is 9.88 Å². The molecule has 1 atom stereocenters. The highest BCUT2D eigenvalue weighted by molar-refractivity contribution is 5.78. The van der Waals surface area contributed by atoms with Gasteiger partial charge >= 0.3 is 0 Å². The summed E-state index contributed by atoms with van der Waals surface area (Å²) in [4.78, 5) is 18.7. The van der Waals surface area contributed by atoms with Crippen LogP contribution in [-0.2, 0) is 16.0 Å². The predicted molar refractivity (Wildman–Crippen MR) is 97.0 cm³/mol. The second kappa shape index (κ2) is 8.29. The summed E-state index contributed by atoms with van der Waals surface area (Å²) in [5, 5.41) is 10.9. The molecule has 0 radical (unpaired) electrons. The number of carbonyl (C=O) groups excluding carboxylic acids is 1. The molecule has 1 amide bonds. The van der Waals surface area contributed by atoms with Crippen LogP contribution in [0.5, 0.6) is 5.75 Å². The minimum absolute atomic E-state index is 0.0590. The molecule has 1 aliphatic rings. The van der Waals surface area contributed by atoms with Crippen molar-refractivity contribution in [3.05, 3.63) is 59.9 Å². The molecule has 6 nitrogen and oxygen atoms in total. The third-order valence-corrected chi connectivity index (χ3v) is 4.24. The van der Waals surface area contributed by atoms with E-state index in [0.717, 1.165) is 11.4 Å². The molecule has 1 aliphatic heterocycles. The summed E-state index contributed by atoms with van der Waals surface area (Å²) < 4.78 is 11.2. The summed E-state index contributed by atoms with van der Waals surface area (Å²) in [7, 11) is 0. The van der Waals surface area contributed by atoms with Crippen molar-refractivity contribution in [3.8, 4) is 5.75 Å². The van der Waals surface area contributed by atoms with Gasteiger partial charge in [0.05, 0.1) is 26.2 Å². The molecule has 1 N–H and O–H groups in total. The smallest absolute Gasteiger partial charge is 0.228 e. The lowest BCUT2D eigenvalue weighted by Gasteiger charge is -2.30. The topological polar surface area (TPSA) is 71.9 Å². The molecule has 1 aromatic carbocycles. The minimum Gasteiger partial charge on any atom is -0.490 e. The van der Waals surface area contributed by atoms with Crippen molar-refractivity contribution >= 4 is 5.91 Å². The first kappa shape index (κ1) is 18.4. The zero-order chi connectivity index (χ0) is 18.4. The van der Waals surface area contributed by atoms with E-state index < -0.39 is 5.60 Å². The molecule has 0 aliphatic carbocycles. The number of hydrogen-bond acceptors (Lipinski definition) is 5. The third-order valence-electron chi connectivity index (χ3n) is 4.24. The monoisotopic (exact) mass is 356 g/mol. The lowest BCUT2D eigenvalue weighted by atomic mass is 10.1. The van der Waals surface area contributed by atoms with E-state index in [9.17, 15) is 9.90 Å². The number of nitrogens with zero attached hydrogens (tertiary/aromatic N) is 2. The summed E-state index contributed by atoms with van der Waals surface area (Å²) >= 11 is 0. The van der Waals surface area contributed by atoms with Gasteiger partial charge in [0.15, 0.2) is 0 Å². The molecule has 2 aromatic rings. The Balaban J connectivity index is 1.63. The normalized spacial score (nSPS) is 20.5. The quantitative estimate of drug-likeness (QED) is 0.881. The predicted octanol–water partition coefficient (Wildman–Crippen LogP) is 1.60. The maximum atomic E-state index is 12.7. The fourth-order valence-corrected chi connectivity index (χ4v) is 2.92. The molecule has 0 bridgehead atoms. The Bertz CT molecular complexity index is 738. The van der Waals surface area contributed by atoms with Crippen molar-refractivity contribution in [2.75, 3.05) is 32.9 Å². The first-order chi connectivity index (χ1) is 12.5. The second-order valence-corrected chi connectivity index (χ2v) is 6.64. The molecule has 26 heavy (non-hydrogen) atoms. The fourth-order valence-electron chi connectivity index (χ4n) is 2.92. The molecular formula is C20H24N2O4. The van der Waals surface area contributed by atoms with E-state index in [1.807, 2.05) is 55.5 Å². The summed E-state index contributed by atoms with van der Waals surface area (Å²) in [6.07, 6.45) is 0.206. The Morgan fingerprint density at radius 1 is 1.27 bits per heavy atom. The molecule has 0 saturated carbocycles. The Kier molecular flexibility index (Phi) is 5.85. The zero-order valence-corrected chi connectivity index (χ0v) is 14.9. The summed E-state index contributed by atoms with van der Waals surface area (Å²) in [5.41, 5.74) is 0.355. The van der Waals surface area contributed by atoms with E-state index in [4.69, 9.17) is 9.47 Å². The van der Waals surface area contributed by atoms with E-state index in [-0.39, 0.29) is 32.1 Å². The van der Waals surface area contributed by atoms with Crippen molar-refractivity contribution in [2.24, 2.45) is 0 Å². The first-order valence-corrected chi connectivity index (χ1v) is 8.72. The molecule has 6 heteroatoms. The molecule has 138 valence electrons. The highest BCUT2D eigenvalue weighted by Crippen LogP contribution is 2.17. The van der Waals surface area contributed by atoms with E-state index in [2.05, 4.69) is 4.98 Å². The van der Waals surface area contributed by atoms with E-state index in [1.165, 1.54) is 0 Å². The number of aromatic nitrogens is 1. The Morgan fingerprint density at radius 3 is 2.85 bits per heavy atom. The average molecular weight is 356 g/mol. The molecule has 1 saturated heterocycles. The fraction of sp³-hybridized carbons (Fsp3) is 0.400. The number of para-hydroxylation sites is 1. The van der Waals surface area contributed by atoms with Gasteiger partial charge in [-0.3, -0.25) is 9.78 Å².